The van der Waals surface area contributed by atoms with E-state index in [2.05, 4.69) is 14.0 Å². The van der Waals surface area contributed by atoms with Gasteiger partial charge in [0.25, 0.3) is 0 Å². The monoisotopic (exact) mass is 171 g/mol. The zero-order valence-corrected chi connectivity index (χ0v) is 6.01. The molecule has 0 radical (unpaired) electrons. The van der Waals surface area contributed by atoms with Gasteiger partial charge in [-0.25, -0.2) is 14.4 Å². The summed E-state index contributed by atoms with van der Waals surface area (Å²) < 4.78 is 8.00. The van der Waals surface area contributed by atoms with Crippen molar-refractivity contribution in [2.45, 2.75) is 0 Å². The molecule has 0 aromatic rings. The number of hydrogen-bond acceptors (Lipinski definition) is 7. The lowest BCUT2D eigenvalue weighted by Gasteiger charge is -1.96. The van der Waals surface area contributed by atoms with Crippen molar-refractivity contribution in [3.63, 3.8) is 0 Å². The van der Waals surface area contributed by atoms with Gasteiger partial charge in [-0.2, -0.15) is 14.0 Å². The second kappa shape index (κ2) is 4.18. The maximum absolute atomic E-state index is 9.57. The molecule has 0 saturated carbocycles. The molecule has 0 unspecified atom stereocenters. The Hall–Kier alpha value is -1.68. The van der Waals surface area contributed by atoms with Crippen LogP contribution in [0.1, 0.15) is 0 Å². The molecule has 0 heterocycles. The molecule has 0 rings (SSSR count). The first-order valence-electron chi connectivity index (χ1n) is 2.18. The molecule has 56 valence electrons. The van der Waals surface area contributed by atoms with Crippen molar-refractivity contribution in [3.05, 3.63) is 0 Å². The number of isocyanates is 3. The minimum Gasteiger partial charge on any atom is -0.379 e. The number of carbonyl (C=O) groups excluding carboxylic acids is 3. The minimum absolute atomic E-state index is 0.919. The van der Waals surface area contributed by atoms with Gasteiger partial charge < -0.3 is 4.80 Å². The fourth-order valence-corrected chi connectivity index (χ4v) is 0.776. The first-order valence-corrected chi connectivity index (χ1v) is 3.97. The molecule has 0 spiro atoms. The largest absolute Gasteiger partial charge is 0.631 e. The van der Waals surface area contributed by atoms with Crippen molar-refractivity contribution in [3.8, 4) is 0 Å². The highest BCUT2D eigenvalue weighted by molar-refractivity contribution is 6.69. The van der Waals surface area contributed by atoms with Gasteiger partial charge in [-0.05, 0) is 0 Å². The molecule has 0 aromatic heterocycles. The summed E-state index contributed by atoms with van der Waals surface area (Å²) >= 11 is 0. The van der Waals surface area contributed by atoms with Crippen LogP contribution in [0.5, 0.6) is 0 Å². The van der Waals surface area contributed by atoms with Crippen LogP contribution in [0.15, 0.2) is 14.0 Å². The predicted octanol–water partition coefficient (Wildman–Crippen LogP) is -1.58. The Morgan fingerprint density at radius 1 is 0.909 bits per heavy atom. The summed E-state index contributed by atoms with van der Waals surface area (Å²) in [5.41, 5.74) is 0. The molecule has 0 aromatic carbocycles. The molecule has 1 N–H and O–H groups in total. The normalized spacial score (nSPS) is 12.8. The van der Waals surface area contributed by atoms with Crippen molar-refractivity contribution in [1.29, 1.82) is 0 Å². The van der Waals surface area contributed by atoms with Gasteiger partial charge in [-0.1, -0.05) is 0 Å². The molecule has 7 nitrogen and oxygen atoms in total. The van der Waals surface area contributed by atoms with Crippen LogP contribution >= 0.6 is 0 Å². The zero-order valence-electron chi connectivity index (χ0n) is 5.01. The third-order valence-electron chi connectivity index (χ3n) is 0.587. The Balaban J connectivity index is 4.94. The molecule has 11 heavy (non-hydrogen) atoms. The second-order valence-electron chi connectivity index (χ2n) is 1.21. The predicted molar refractivity (Wildman–Crippen MR) is 32.3 cm³/mol. The highest BCUT2D eigenvalue weighted by Crippen LogP contribution is 1.99. The van der Waals surface area contributed by atoms with E-state index >= 15 is 0 Å². The van der Waals surface area contributed by atoms with E-state index in [1.807, 2.05) is 0 Å². The average Bonchev–Trinajstić information content (AvgIpc) is 1.88. The Labute approximate surface area is 61.2 Å². The second-order valence-corrected chi connectivity index (χ2v) is 3.08. The van der Waals surface area contributed by atoms with Crippen molar-refractivity contribution in [2.75, 3.05) is 0 Å². The van der Waals surface area contributed by atoms with E-state index in [9.17, 15) is 14.4 Å². The molecule has 0 fully saturated rings. The number of hydrogen-bond donors (Lipinski definition) is 1. The lowest BCUT2D eigenvalue weighted by Crippen LogP contribution is -2.27. The highest BCUT2D eigenvalue weighted by Gasteiger charge is 2.34. The van der Waals surface area contributed by atoms with Crippen LogP contribution in [0, 0.1) is 0 Å². The lowest BCUT2D eigenvalue weighted by molar-refractivity contribution is 0.524. The molecule has 8 heteroatoms. The topological polar surface area (TPSA) is 109 Å². The average molecular weight is 171 g/mol. The standard InChI is InChI=1S/C3HN3O4Si/c7-1-4-11(10,5-2-8)6-3-9/h10H. The molecule has 0 aliphatic rings. The molecule has 0 aliphatic carbocycles. The van der Waals surface area contributed by atoms with Gasteiger partial charge in [0.15, 0.2) is 0 Å². The van der Waals surface area contributed by atoms with Gasteiger partial charge in [0, 0.05) is 0 Å². The van der Waals surface area contributed by atoms with E-state index < -0.39 is 8.80 Å². The first-order chi connectivity index (χ1) is 5.18. The summed E-state index contributed by atoms with van der Waals surface area (Å²) in [5, 5.41) is 0. The van der Waals surface area contributed by atoms with Gasteiger partial charge in [0.1, 0.15) is 0 Å². The molecular weight excluding hydrogens is 170 g/mol. The van der Waals surface area contributed by atoms with Gasteiger partial charge in [0.2, 0.25) is 18.2 Å². The van der Waals surface area contributed by atoms with Crippen LogP contribution in [-0.4, -0.2) is 31.8 Å². The quantitative estimate of drug-likeness (QED) is 0.314. The molecule has 0 aliphatic heterocycles. The molecule has 0 atom stereocenters. The van der Waals surface area contributed by atoms with E-state index in [1.54, 1.807) is 0 Å². The Kier molecular flexibility index (Phi) is 3.54. The van der Waals surface area contributed by atoms with Crippen LogP contribution in [0.4, 0.5) is 0 Å². The van der Waals surface area contributed by atoms with Crippen LogP contribution in [0.3, 0.4) is 0 Å². The summed E-state index contributed by atoms with van der Waals surface area (Å²) in [6, 6.07) is 0. The van der Waals surface area contributed by atoms with Crippen LogP contribution in [0.2, 0.25) is 0 Å². The fourth-order valence-electron chi connectivity index (χ4n) is 0.259. The summed E-state index contributed by atoms with van der Waals surface area (Å²) in [4.78, 5) is 37.6. The highest BCUT2D eigenvalue weighted by atomic mass is 28.4. The van der Waals surface area contributed by atoms with E-state index in [1.165, 1.54) is 0 Å². The van der Waals surface area contributed by atoms with Gasteiger partial charge in [-0.3, -0.25) is 0 Å². The summed E-state index contributed by atoms with van der Waals surface area (Å²) in [7, 11) is -4.15. The van der Waals surface area contributed by atoms with E-state index in [-0.39, 0.29) is 0 Å². The molecule has 0 saturated heterocycles. The third-order valence-corrected chi connectivity index (χ3v) is 1.76. The minimum atomic E-state index is -4.15. The summed E-state index contributed by atoms with van der Waals surface area (Å²) in [5.74, 6) is 0. The van der Waals surface area contributed by atoms with E-state index in [4.69, 9.17) is 4.80 Å². The summed E-state index contributed by atoms with van der Waals surface area (Å²) in [6.07, 6.45) is 2.76. The smallest absolute Gasteiger partial charge is 0.379 e. The molecule has 0 bridgehead atoms. The molecular formula is C3HN3O4Si. The first kappa shape index (κ1) is 9.32. The van der Waals surface area contributed by atoms with Gasteiger partial charge in [0.05, 0.1) is 0 Å². The van der Waals surface area contributed by atoms with Crippen molar-refractivity contribution < 1.29 is 19.2 Å². The van der Waals surface area contributed by atoms with Crippen molar-refractivity contribution in [2.24, 2.45) is 14.0 Å². The van der Waals surface area contributed by atoms with Gasteiger partial charge in [-0.15, -0.1) is 0 Å². The Morgan fingerprint density at radius 2 is 1.18 bits per heavy atom. The third kappa shape index (κ3) is 3.12. The Morgan fingerprint density at radius 3 is 1.36 bits per heavy atom. The SMILES string of the molecule is O=C=N[Si](O)(N=C=O)N=C=O. The number of nitrogens with zero attached hydrogens (tertiary/aromatic N) is 3. The maximum Gasteiger partial charge on any atom is 0.631 e. The number of rotatable bonds is 3. The van der Waals surface area contributed by atoms with Crippen molar-refractivity contribution >= 4 is 27.0 Å². The summed E-state index contributed by atoms with van der Waals surface area (Å²) in [6.45, 7) is 0. The van der Waals surface area contributed by atoms with Crippen LogP contribution in [0.25, 0.3) is 0 Å². The fraction of sp³-hybridized carbons (Fsp3) is 0. The van der Waals surface area contributed by atoms with Crippen molar-refractivity contribution in [1.82, 2.24) is 0 Å². The molecule has 0 amide bonds. The van der Waals surface area contributed by atoms with Crippen LogP contribution in [-0.2, 0) is 14.4 Å². The van der Waals surface area contributed by atoms with Gasteiger partial charge >= 0.3 is 8.80 Å². The van der Waals surface area contributed by atoms with Crippen LogP contribution < -0.4 is 0 Å². The maximum atomic E-state index is 9.57. The lowest BCUT2D eigenvalue weighted by atomic mass is 11.7. The Bertz CT molecular complexity index is 237. The van der Waals surface area contributed by atoms with E-state index in [0.29, 0.717) is 0 Å². The van der Waals surface area contributed by atoms with E-state index in [0.717, 1.165) is 18.2 Å². The zero-order chi connectivity index (χ0) is 8.74.